The topological polar surface area (TPSA) is 57.3 Å². The maximum atomic E-state index is 11.8. The zero-order chi connectivity index (χ0) is 12.3. The summed E-state index contributed by atoms with van der Waals surface area (Å²) in [5, 5.41) is 6.08. The molecule has 92 valence electrons. The van der Waals surface area contributed by atoms with Gasteiger partial charge >= 0.3 is 0 Å². The molecule has 2 heterocycles. The molecule has 0 unspecified atom stereocenters. The number of nitrogens with zero attached hydrogens (tertiary/aromatic N) is 2. The minimum atomic E-state index is 0.0626. The van der Waals surface area contributed by atoms with Crippen LogP contribution < -0.4 is 15.5 Å². The Morgan fingerprint density at radius 3 is 2.94 bits per heavy atom. The van der Waals surface area contributed by atoms with Gasteiger partial charge in [0.2, 0.25) is 5.91 Å². The van der Waals surface area contributed by atoms with Crippen LogP contribution in [0.3, 0.4) is 0 Å². The van der Waals surface area contributed by atoms with Gasteiger partial charge in [0, 0.05) is 26.7 Å². The fraction of sp³-hybridized carbons (Fsp3) is 0.500. The predicted molar refractivity (Wildman–Crippen MR) is 68.2 cm³/mol. The van der Waals surface area contributed by atoms with E-state index in [1.807, 2.05) is 25.1 Å². The van der Waals surface area contributed by atoms with Gasteiger partial charge in [-0.05, 0) is 25.1 Å². The summed E-state index contributed by atoms with van der Waals surface area (Å²) in [7, 11) is 3.89. The van der Waals surface area contributed by atoms with Crippen LogP contribution in [-0.2, 0) is 4.79 Å². The molecule has 0 aliphatic carbocycles. The van der Waals surface area contributed by atoms with Crippen molar-refractivity contribution in [3.05, 3.63) is 18.5 Å². The van der Waals surface area contributed by atoms with Gasteiger partial charge in [0.1, 0.15) is 0 Å². The van der Waals surface area contributed by atoms with Gasteiger partial charge in [0.25, 0.3) is 0 Å². The van der Waals surface area contributed by atoms with Crippen LogP contribution in [0.1, 0.15) is 6.42 Å². The van der Waals surface area contributed by atoms with E-state index < -0.39 is 0 Å². The molecule has 0 radical (unpaired) electrons. The molecule has 0 saturated carbocycles. The summed E-state index contributed by atoms with van der Waals surface area (Å²) in [5.74, 6) is 0.544. The van der Waals surface area contributed by atoms with Crippen LogP contribution in [0.15, 0.2) is 18.5 Å². The van der Waals surface area contributed by atoms with E-state index in [2.05, 4.69) is 15.6 Å². The van der Waals surface area contributed by atoms with Gasteiger partial charge in [-0.25, -0.2) is 0 Å². The number of rotatable bonds is 4. The number of pyridine rings is 1. The first-order valence-electron chi connectivity index (χ1n) is 5.78. The Bertz CT molecular complexity index is 401. The summed E-state index contributed by atoms with van der Waals surface area (Å²) in [5.41, 5.74) is 1.75. The molecule has 0 bridgehead atoms. The lowest BCUT2D eigenvalue weighted by Gasteiger charge is -2.26. The first-order valence-corrected chi connectivity index (χ1v) is 5.78. The van der Waals surface area contributed by atoms with Gasteiger partial charge in [-0.2, -0.15) is 0 Å². The lowest BCUT2D eigenvalue weighted by atomic mass is 9.99. The smallest absolute Gasteiger partial charge is 0.224 e. The van der Waals surface area contributed by atoms with Crippen LogP contribution in [0.5, 0.6) is 0 Å². The molecule has 1 aromatic heterocycles. The molecule has 17 heavy (non-hydrogen) atoms. The third-order valence-electron chi connectivity index (χ3n) is 2.89. The highest BCUT2D eigenvalue weighted by Gasteiger charge is 2.20. The van der Waals surface area contributed by atoms with E-state index in [0.717, 1.165) is 24.5 Å². The Labute approximate surface area is 101 Å². The third-order valence-corrected chi connectivity index (χ3v) is 2.89. The highest BCUT2D eigenvalue weighted by Crippen LogP contribution is 2.22. The molecule has 1 aliphatic heterocycles. The van der Waals surface area contributed by atoms with Crippen molar-refractivity contribution in [1.82, 2.24) is 10.3 Å². The van der Waals surface area contributed by atoms with Gasteiger partial charge in [0.15, 0.2) is 0 Å². The molecule has 5 nitrogen and oxygen atoms in total. The van der Waals surface area contributed by atoms with E-state index in [-0.39, 0.29) is 5.91 Å². The van der Waals surface area contributed by atoms with Gasteiger partial charge in [-0.1, -0.05) is 0 Å². The maximum Gasteiger partial charge on any atom is 0.224 e. The van der Waals surface area contributed by atoms with Gasteiger partial charge < -0.3 is 15.5 Å². The summed E-state index contributed by atoms with van der Waals surface area (Å²) in [6.45, 7) is 1.89. The third kappa shape index (κ3) is 2.94. The Balaban J connectivity index is 1.99. The van der Waals surface area contributed by atoms with Crippen LogP contribution in [0.4, 0.5) is 11.4 Å². The number of carbonyl (C=O) groups is 1. The largest absolute Gasteiger partial charge is 0.376 e. The second-order valence-electron chi connectivity index (χ2n) is 4.56. The van der Waals surface area contributed by atoms with E-state index in [4.69, 9.17) is 0 Å². The average Bonchev–Trinajstić information content (AvgIpc) is 2.24. The number of anilines is 2. The van der Waals surface area contributed by atoms with E-state index in [1.54, 1.807) is 12.4 Å². The van der Waals surface area contributed by atoms with E-state index in [1.165, 1.54) is 0 Å². The zero-order valence-corrected chi connectivity index (χ0v) is 10.2. The molecule has 0 aromatic carbocycles. The number of nitrogens with one attached hydrogen (secondary N) is 2. The molecule has 1 amide bonds. The molecule has 1 saturated heterocycles. The summed E-state index contributed by atoms with van der Waals surface area (Å²) < 4.78 is 0. The number of hydrogen-bond donors (Lipinski definition) is 2. The Morgan fingerprint density at radius 2 is 2.35 bits per heavy atom. The summed E-state index contributed by atoms with van der Waals surface area (Å²) >= 11 is 0. The van der Waals surface area contributed by atoms with Crippen LogP contribution in [0, 0.1) is 5.92 Å². The number of aromatic nitrogens is 1. The van der Waals surface area contributed by atoms with Gasteiger partial charge in [0.05, 0.1) is 17.6 Å². The average molecular weight is 234 g/mol. The molecule has 0 atom stereocenters. The predicted octanol–water partition coefficient (Wildman–Crippen LogP) is 0.696. The number of hydrogen-bond acceptors (Lipinski definition) is 4. The standard InChI is InChI=1S/C12H18N4O/c1-16(2)11-3-4-13-8-10(11)15-12(17)5-9-6-14-7-9/h3-4,8-9,14H,5-7H2,1-2H3,(H,15,17). The second kappa shape index (κ2) is 5.14. The lowest BCUT2D eigenvalue weighted by Crippen LogP contribution is -2.43. The van der Waals surface area contributed by atoms with Crippen molar-refractivity contribution in [2.75, 3.05) is 37.4 Å². The monoisotopic (exact) mass is 234 g/mol. The Hall–Kier alpha value is -1.62. The van der Waals surface area contributed by atoms with Crippen LogP contribution in [0.2, 0.25) is 0 Å². The molecule has 2 rings (SSSR count). The zero-order valence-electron chi connectivity index (χ0n) is 10.2. The first-order chi connectivity index (χ1) is 8.16. The summed E-state index contributed by atoms with van der Waals surface area (Å²) in [6.07, 6.45) is 3.99. The molecule has 1 fully saturated rings. The van der Waals surface area contributed by atoms with Crippen molar-refractivity contribution >= 4 is 17.3 Å². The van der Waals surface area contributed by atoms with Gasteiger partial charge in [-0.15, -0.1) is 0 Å². The highest BCUT2D eigenvalue weighted by atomic mass is 16.1. The van der Waals surface area contributed by atoms with Crippen LogP contribution in [0.25, 0.3) is 0 Å². The van der Waals surface area contributed by atoms with Crippen molar-refractivity contribution < 1.29 is 4.79 Å². The quantitative estimate of drug-likeness (QED) is 0.805. The number of carbonyl (C=O) groups excluding carboxylic acids is 1. The van der Waals surface area contributed by atoms with Crippen molar-refractivity contribution in [3.8, 4) is 0 Å². The fourth-order valence-corrected chi connectivity index (χ4v) is 1.83. The second-order valence-corrected chi connectivity index (χ2v) is 4.56. The van der Waals surface area contributed by atoms with Crippen molar-refractivity contribution in [3.63, 3.8) is 0 Å². The van der Waals surface area contributed by atoms with Crippen molar-refractivity contribution in [2.45, 2.75) is 6.42 Å². The van der Waals surface area contributed by atoms with Crippen LogP contribution in [-0.4, -0.2) is 38.1 Å². The SMILES string of the molecule is CN(C)c1ccncc1NC(=O)CC1CNC1. The Kier molecular flexibility index (Phi) is 3.58. The maximum absolute atomic E-state index is 11.8. The van der Waals surface area contributed by atoms with Crippen LogP contribution >= 0.6 is 0 Å². The molecular formula is C12H18N4O. The lowest BCUT2D eigenvalue weighted by molar-refractivity contribution is -0.117. The molecule has 2 N–H and O–H groups in total. The number of amides is 1. The summed E-state index contributed by atoms with van der Waals surface area (Å²) in [6, 6.07) is 1.89. The highest BCUT2D eigenvalue weighted by molar-refractivity contribution is 5.94. The molecule has 0 spiro atoms. The minimum absolute atomic E-state index is 0.0626. The van der Waals surface area contributed by atoms with E-state index in [0.29, 0.717) is 12.3 Å². The Morgan fingerprint density at radius 1 is 1.59 bits per heavy atom. The molecule has 1 aromatic rings. The molecule has 1 aliphatic rings. The molecule has 5 heteroatoms. The van der Waals surface area contributed by atoms with E-state index in [9.17, 15) is 4.79 Å². The van der Waals surface area contributed by atoms with Gasteiger partial charge in [-0.3, -0.25) is 9.78 Å². The molecular weight excluding hydrogens is 216 g/mol. The van der Waals surface area contributed by atoms with Crippen molar-refractivity contribution in [1.29, 1.82) is 0 Å². The minimum Gasteiger partial charge on any atom is -0.376 e. The van der Waals surface area contributed by atoms with E-state index >= 15 is 0 Å². The first kappa shape index (κ1) is 11.9. The fourth-order valence-electron chi connectivity index (χ4n) is 1.83. The summed E-state index contributed by atoms with van der Waals surface area (Å²) in [4.78, 5) is 17.8. The van der Waals surface area contributed by atoms with Crippen molar-refractivity contribution in [2.24, 2.45) is 5.92 Å². The normalized spacial score (nSPS) is 15.2.